The molecule has 0 amide bonds. The van der Waals surface area contributed by atoms with Crippen LogP contribution in [0, 0.1) is 0 Å². The lowest BCUT2D eigenvalue weighted by atomic mass is 10.2. The number of hydrogen-bond donors (Lipinski definition) is 1. The highest BCUT2D eigenvalue weighted by molar-refractivity contribution is 5.85. The molecule has 0 aliphatic rings. The minimum Gasteiger partial charge on any atom is -0.493 e. The van der Waals surface area contributed by atoms with Crippen molar-refractivity contribution in [2.75, 3.05) is 20.3 Å². The van der Waals surface area contributed by atoms with Crippen molar-refractivity contribution in [1.29, 1.82) is 0 Å². The number of rotatable bonds is 8. The zero-order valence-corrected chi connectivity index (χ0v) is 12.3. The fourth-order valence-corrected chi connectivity index (χ4v) is 1.63. The number of benzene rings is 1. The average Bonchev–Trinajstić information content (AvgIpc) is 2.36. The fraction of sp³-hybridized carbons (Fsp3) is 0.571. The van der Waals surface area contributed by atoms with E-state index in [1.807, 2.05) is 19.1 Å². The first-order chi connectivity index (χ1) is 8.31. The van der Waals surface area contributed by atoms with Crippen LogP contribution in [0.15, 0.2) is 18.2 Å². The van der Waals surface area contributed by atoms with Crippen LogP contribution in [0.5, 0.6) is 11.5 Å². The van der Waals surface area contributed by atoms with Crippen LogP contribution in [-0.2, 0) is 6.54 Å². The van der Waals surface area contributed by atoms with E-state index in [9.17, 15) is 0 Å². The van der Waals surface area contributed by atoms with Crippen molar-refractivity contribution in [3.63, 3.8) is 0 Å². The summed E-state index contributed by atoms with van der Waals surface area (Å²) < 4.78 is 10.8. The van der Waals surface area contributed by atoms with Gasteiger partial charge in [0.25, 0.3) is 0 Å². The van der Waals surface area contributed by atoms with Gasteiger partial charge in [0.05, 0.1) is 13.7 Å². The summed E-state index contributed by atoms with van der Waals surface area (Å²) in [5.74, 6) is 1.62. The molecule has 0 radical (unpaired) electrons. The smallest absolute Gasteiger partial charge is 0.161 e. The number of methoxy groups -OCH3 is 1. The zero-order chi connectivity index (χ0) is 12.5. The Morgan fingerprint density at radius 1 is 1.17 bits per heavy atom. The van der Waals surface area contributed by atoms with Crippen molar-refractivity contribution >= 4 is 12.4 Å². The lowest BCUT2D eigenvalue weighted by molar-refractivity contribution is 0.310. The quantitative estimate of drug-likeness (QED) is 0.737. The molecule has 1 aromatic rings. The molecule has 0 saturated heterocycles. The SMILES string of the molecule is CCCCNCc1ccc(OCC)c(OC)c1.Cl. The van der Waals surface area contributed by atoms with Gasteiger partial charge in [-0.05, 0) is 37.6 Å². The Morgan fingerprint density at radius 2 is 1.94 bits per heavy atom. The van der Waals surface area contributed by atoms with E-state index in [0.717, 1.165) is 24.6 Å². The monoisotopic (exact) mass is 273 g/mol. The summed E-state index contributed by atoms with van der Waals surface area (Å²) >= 11 is 0. The molecular weight excluding hydrogens is 250 g/mol. The van der Waals surface area contributed by atoms with Gasteiger partial charge in [-0.25, -0.2) is 0 Å². The van der Waals surface area contributed by atoms with Crippen LogP contribution in [0.2, 0.25) is 0 Å². The second-order valence-corrected chi connectivity index (χ2v) is 3.95. The van der Waals surface area contributed by atoms with Crippen molar-refractivity contribution in [2.24, 2.45) is 0 Å². The van der Waals surface area contributed by atoms with Crippen LogP contribution in [0.25, 0.3) is 0 Å². The van der Waals surface area contributed by atoms with Gasteiger partial charge in [0.1, 0.15) is 0 Å². The molecule has 104 valence electrons. The average molecular weight is 274 g/mol. The number of nitrogens with one attached hydrogen (secondary N) is 1. The van der Waals surface area contributed by atoms with E-state index in [0.29, 0.717) is 6.61 Å². The first-order valence-electron chi connectivity index (χ1n) is 6.32. The Hall–Kier alpha value is -0.930. The van der Waals surface area contributed by atoms with Gasteiger partial charge in [-0.2, -0.15) is 0 Å². The van der Waals surface area contributed by atoms with Gasteiger partial charge in [0.15, 0.2) is 11.5 Å². The Labute approximate surface area is 116 Å². The van der Waals surface area contributed by atoms with Crippen molar-refractivity contribution in [3.05, 3.63) is 23.8 Å². The number of hydrogen-bond acceptors (Lipinski definition) is 3. The summed E-state index contributed by atoms with van der Waals surface area (Å²) in [5, 5.41) is 3.41. The van der Waals surface area contributed by atoms with Crippen molar-refractivity contribution in [3.8, 4) is 11.5 Å². The molecular formula is C14H24ClNO2. The Bertz CT molecular complexity index is 332. The second kappa shape index (κ2) is 10.0. The van der Waals surface area contributed by atoms with Gasteiger partial charge in [0, 0.05) is 6.54 Å². The minimum atomic E-state index is 0. The highest BCUT2D eigenvalue weighted by atomic mass is 35.5. The van der Waals surface area contributed by atoms with Crippen molar-refractivity contribution in [2.45, 2.75) is 33.2 Å². The summed E-state index contributed by atoms with van der Waals surface area (Å²) in [5.41, 5.74) is 1.22. The first kappa shape index (κ1) is 17.1. The first-order valence-corrected chi connectivity index (χ1v) is 6.32. The molecule has 0 saturated carbocycles. The van der Waals surface area contributed by atoms with E-state index in [1.165, 1.54) is 18.4 Å². The molecule has 0 fully saturated rings. The summed E-state index contributed by atoms with van der Waals surface area (Å²) in [6.07, 6.45) is 2.44. The van der Waals surface area contributed by atoms with E-state index in [1.54, 1.807) is 7.11 Å². The van der Waals surface area contributed by atoms with Gasteiger partial charge >= 0.3 is 0 Å². The summed E-state index contributed by atoms with van der Waals surface area (Å²) in [7, 11) is 1.67. The normalized spacial score (nSPS) is 9.72. The largest absolute Gasteiger partial charge is 0.493 e. The van der Waals surface area contributed by atoms with Crippen LogP contribution in [0.3, 0.4) is 0 Å². The van der Waals surface area contributed by atoms with E-state index in [4.69, 9.17) is 9.47 Å². The van der Waals surface area contributed by atoms with Crippen LogP contribution < -0.4 is 14.8 Å². The number of halogens is 1. The molecule has 1 rings (SSSR count). The van der Waals surface area contributed by atoms with E-state index in [2.05, 4.69) is 18.3 Å². The molecule has 1 aromatic carbocycles. The standard InChI is InChI=1S/C14H23NO2.ClH/c1-4-6-9-15-11-12-7-8-13(17-5-2)14(10-12)16-3;/h7-8,10,15H,4-6,9,11H2,1-3H3;1H. The van der Waals surface area contributed by atoms with Crippen LogP contribution in [0.4, 0.5) is 0 Å². The molecule has 0 aromatic heterocycles. The summed E-state index contributed by atoms with van der Waals surface area (Å²) in [6, 6.07) is 6.08. The maximum atomic E-state index is 5.48. The minimum absolute atomic E-state index is 0. The van der Waals surface area contributed by atoms with Gasteiger partial charge in [-0.15, -0.1) is 12.4 Å². The predicted molar refractivity (Wildman–Crippen MR) is 78.0 cm³/mol. The van der Waals surface area contributed by atoms with Crippen LogP contribution in [-0.4, -0.2) is 20.3 Å². The van der Waals surface area contributed by atoms with Crippen molar-refractivity contribution < 1.29 is 9.47 Å². The molecule has 0 unspecified atom stereocenters. The highest BCUT2D eigenvalue weighted by Gasteiger charge is 2.04. The number of ether oxygens (including phenoxy) is 2. The lowest BCUT2D eigenvalue weighted by Gasteiger charge is -2.11. The van der Waals surface area contributed by atoms with Crippen LogP contribution in [0.1, 0.15) is 32.3 Å². The molecule has 0 atom stereocenters. The molecule has 0 aliphatic heterocycles. The molecule has 0 heterocycles. The molecule has 0 bridgehead atoms. The lowest BCUT2D eigenvalue weighted by Crippen LogP contribution is -2.14. The second-order valence-electron chi connectivity index (χ2n) is 3.95. The maximum Gasteiger partial charge on any atom is 0.161 e. The van der Waals surface area contributed by atoms with E-state index >= 15 is 0 Å². The fourth-order valence-electron chi connectivity index (χ4n) is 1.63. The van der Waals surface area contributed by atoms with E-state index < -0.39 is 0 Å². The van der Waals surface area contributed by atoms with Crippen LogP contribution >= 0.6 is 12.4 Å². The van der Waals surface area contributed by atoms with Gasteiger partial charge in [0.2, 0.25) is 0 Å². The molecule has 3 nitrogen and oxygen atoms in total. The van der Waals surface area contributed by atoms with E-state index in [-0.39, 0.29) is 12.4 Å². The van der Waals surface area contributed by atoms with Crippen molar-refractivity contribution in [1.82, 2.24) is 5.32 Å². The van der Waals surface area contributed by atoms with Gasteiger partial charge in [-0.1, -0.05) is 19.4 Å². The zero-order valence-electron chi connectivity index (χ0n) is 11.5. The Balaban J connectivity index is 0.00000289. The third-order valence-corrected chi connectivity index (χ3v) is 2.56. The molecule has 1 N–H and O–H groups in total. The Kier molecular flexibility index (Phi) is 9.52. The number of unbranched alkanes of at least 4 members (excludes halogenated alkanes) is 1. The molecule has 0 aliphatic carbocycles. The molecule has 4 heteroatoms. The summed E-state index contributed by atoms with van der Waals surface area (Å²) in [6.45, 7) is 6.76. The molecule has 18 heavy (non-hydrogen) atoms. The van der Waals surface area contributed by atoms with Gasteiger partial charge in [-0.3, -0.25) is 0 Å². The Morgan fingerprint density at radius 3 is 2.56 bits per heavy atom. The predicted octanol–water partition coefficient (Wildman–Crippen LogP) is 3.41. The van der Waals surface area contributed by atoms with Gasteiger partial charge < -0.3 is 14.8 Å². The third kappa shape index (κ3) is 5.61. The third-order valence-electron chi connectivity index (χ3n) is 2.56. The highest BCUT2D eigenvalue weighted by Crippen LogP contribution is 2.27. The maximum absolute atomic E-state index is 5.48. The summed E-state index contributed by atoms with van der Waals surface area (Å²) in [4.78, 5) is 0. The topological polar surface area (TPSA) is 30.5 Å². The molecule has 0 spiro atoms.